The van der Waals surface area contributed by atoms with Crippen LogP contribution >= 0.6 is 0 Å². The molecule has 1 aromatic heterocycles. The Morgan fingerprint density at radius 2 is 1.70 bits per heavy atom. The monoisotopic (exact) mass is 370 g/mol. The van der Waals surface area contributed by atoms with Crippen LogP contribution in [0.1, 0.15) is 65.7 Å². The van der Waals surface area contributed by atoms with E-state index in [9.17, 15) is 0 Å². The lowest BCUT2D eigenvalue weighted by molar-refractivity contribution is 0.230. The van der Waals surface area contributed by atoms with Crippen molar-refractivity contribution < 1.29 is 9.47 Å². The van der Waals surface area contributed by atoms with Crippen LogP contribution in [-0.2, 0) is 0 Å². The van der Waals surface area contributed by atoms with Crippen molar-refractivity contribution in [3.05, 3.63) is 36.5 Å². The zero-order valence-corrected chi connectivity index (χ0v) is 17.1. The van der Waals surface area contributed by atoms with Crippen LogP contribution in [0.5, 0.6) is 11.8 Å². The van der Waals surface area contributed by atoms with E-state index in [0.717, 1.165) is 29.8 Å². The summed E-state index contributed by atoms with van der Waals surface area (Å²) in [5.41, 5.74) is 1.82. The topological polar surface area (TPSA) is 44.2 Å². The van der Waals surface area contributed by atoms with Crippen molar-refractivity contribution in [3.63, 3.8) is 0 Å². The molecule has 0 fully saturated rings. The second kappa shape index (κ2) is 12.3. The molecule has 2 aromatic rings. The van der Waals surface area contributed by atoms with Gasteiger partial charge in [-0.3, -0.25) is 0 Å². The van der Waals surface area contributed by atoms with Gasteiger partial charge in [0.2, 0.25) is 0 Å². The second-order valence-electron chi connectivity index (χ2n) is 7.20. The van der Waals surface area contributed by atoms with Crippen molar-refractivity contribution >= 4 is 0 Å². The minimum atomic E-state index is 0.428. The summed E-state index contributed by atoms with van der Waals surface area (Å²) in [5, 5.41) is 0. The van der Waals surface area contributed by atoms with E-state index >= 15 is 0 Å². The second-order valence-corrected chi connectivity index (χ2v) is 7.20. The van der Waals surface area contributed by atoms with Gasteiger partial charge in [0.25, 0.3) is 0 Å². The van der Waals surface area contributed by atoms with Gasteiger partial charge in [-0.05, 0) is 18.8 Å². The normalized spacial score (nSPS) is 12.0. The minimum Gasteiger partial charge on any atom is -0.490 e. The number of unbranched alkanes of at least 4 members (excludes halogenated alkanes) is 4. The van der Waals surface area contributed by atoms with Gasteiger partial charge in [0.15, 0.2) is 5.75 Å². The Bertz CT molecular complexity index is 646. The molecule has 0 amide bonds. The number of benzene rings is 1. The van der Waals surface area contributed by atoms with E-state index in [-0.39, 0.29) is 0 Å². The third-order valence-corrected chi connectivity index (χ3v) is 4.58. The smallest absolute Gasteiger partial charge is 0.317 e. The Hall–Kier alpha value is -2.10. The Morgan fingerprint density at radius 1 is 0.926 bits per heavy atom. The van der Waals surface area contributed by atoms with Gasteiger partial charge in [-0.25, -0.2) is 0 Å². The molecule has 1 aromatic carbocycles. The maximum Gasteiger partial charge on any atom is 0.317 e. The number of hydrogen-bond acceptors (Lipinski definition) is 4. The SMILES string of the molecule is CCCCCCC(C)COc1ncc(OCCCC)c(-c2ccccc2)n1. The van der Waals surface area contributed by atoms with Gasteiger partial charge in [0.05, 0.1) is 19.4 Å². The molecule has 0 saturated heterocycles. The van der Waals surface area contributed by atoms with Gasteiger partial charge >= 0.3 is 6.01 Å². The van der Waals surface area contributed by atoms with Crippen LogP contribution in [0, 0.1) is 5.92 Å². The first-order valence-corrected chi connectivity index (χ1v) is 10.4. The molecule has 0 saturated carbocycles. The molecule has 0 spiro atoms. The summed E-state index contributed by atoms with van der Waals surface area (Å²) < 4.78 is 11.8. The lowest BCUT2D eigenvalue weighted by Gasteiger charge is -2.14. The van der Waals surface area contributed by atoms with Crippen molar-refractivity contribution in [1.29, 1.82) is 0 Å². The van der Waals surface area contributed by atoms with E-state index in [4.69, 9.17) is 9.47 Å². The number of hydrogen-bond donors (Lipinski definition) is 0. The highest BCUT2D eigenvalue weighted by atomic mass is 16.5. The maximum absolute atomic E-state index is 5.91. The summed E-state index contributed by atoms with van der Waals surface area (Å²) in [4.78, 5) is 9.01. The minimum absolute atomic E-state index is 0.428. The molecule has 0 aliphatic heterocycles. The van der Waals surface area contributed by atoms with Crippen LogP contribution in [0.2, 0.25) is 0 Å². The van der Waals surface area contributed by atoms with E-state index < -0.39 is 0 Å². The Balaban J connectivity index is 2.01. The summed E-state index contributed by atoms with van der Waals surface area (Å²) in [6.45, 7) is 7.94. The Labute approximate surface area is 164 Å². The molecule has 0 radical (unpaired) electrons. The van der Waals surface area contributed by atoms with Crippen molar-refractivity contribution in [3.8, 4) is 23.0 Å². The first-order valence-electron chi connectivity index (χ1n) is 10.4. The van der Waals surface area contributed by atoms with E-state index in [1.807, 2.05) is 30.3 Å². The van der Waals surface area contributed by atoms with Crippen LogP contribution in [0.3, 0.4) is 0 Å². The molecule has 2 rings (SSSR count). The molecule has 4 heteroatoms. The highest BCUT2D eigenvalue weighted by molar-refractivity contribution is 5.65. The first-order chi connectivity index (χ1) is 13.2. The largest absolute Gasteiger partial charge is 0.490 e. The third-order valence-electron chi connectivity index (χ3n) is 4.58. The molecule has 1 atom stereocenters. The summed E-state index contributed by atoms with van der Waals surface area (Å²) in [7, 11) is 0. The van der Waals surface area contributed by atoms with E-state index in [1.165, 1.54) is 32.1 Å². The predicted molar refractivity (Wildman–Crippen MR) is 111 cm³/mol. The third kappa shape index (κ3) is 7.58. The highest BCUT2D eigenvalue weighted by Crippen LogP contribution is 2.29. The summed E-state index contributed by atoms with van der Waals surface area (Å²) in [5.74, 6) is 1.22. The lowest BCUT2D eigenvalue weighted by atomic mass is 10.0. The van der Waals surface area contributed by atoms with E-state index in [0.29, 0.717) is 25.1 Å². The summed E-state index contributed by atoms with van der Waals surface area (Å²) in [6.07, 6.45) is 10.2. The van der Waals surface area contributed by atoms with Gasteiger partial charge in [0, 0.05) is 5.56 Å². The van der Waals surface area contributed by atoms with Gasteiger partial charge < -0.3 is 9.47 Å². The van der Waals surface area contributed by atoms with Crippen molar-refractivity contribution in [2.24, 2.45) is 5.92 Å². The van der Waals surface area contributed by atoms with E-state index in [1.54, 1.807) is 6.20 Å². The molecular formula is C23H34N2O2. The van der Waals surface area contributed by atoms with E-state index in [2.05, 4.69) is 30.7 Å². The fraction of sp³-hybridized carbons (Fsp3) is 0.565. The summed E-state index contributed by atoms with van der Waals surface area (Å²) >= 11 is 0. The van der Waals surface area contributed by atoms with Crippen LogP contribution in [0.15, 0.2) is 36.5 Å². The Kier molecular flexibility index (Phi) is 9.67. The van der Waals surface area contributed by atoms with Crippen LogP contribution in [0.4, 0.5) is 0 Å². The maximum atomic E-state index is 5.91. The molecule has 4 nitrogen and oxygen atoms in total. The lowest BCUT2D eigenvalue weighted by Crippen LogP contribution is -2.11. The molecule has 0 aliphatic carbocycles. The van der Waals surface area contributed by atoms with Gasteiger partial charge in [-0.15, -0.1) is 0 Å². The van der Waals surface area contributed by atoms with Crippen molar-refractivity contribution in [2.75, 3.05) is 13.2 Å². The predicted octanol–water partition coefficient (Wildman–Crippen LogP) is 6.31. The highest BCUT2D eigenvalue weighted by Gasteiger charge is 2.13. The van der Waals surface area contributed by atoms with Crippen molar-refractivity contribution in [1.82, 2.24) is 9.97 Å². The standard InChI is InChI=1S/C23H34N2O2/c1-4-6-8-10-13-19(3)18-27-23-24-17-21(26-16-7-5-2)22(25-23)20-14-11-9-12-15-20/h9,11-12,14-15,17,19H,4-8,10,13,16,18H2,1-3H3. The molecule has 0 N–H and O–H groups in total. The first kappa shape index (κ1) is 21.2. The Morgan fingerprint density at radius 3 is 2.44 bits per heavy atom. The molecule has 0 bridgehead atoms. The fourth-order valence-electron chi connectivity index (χ4n) is 2.88. The average Bonchev–Trinajstić information content (AvgIpc) is 2.71. The fourth-order valence-corrected chi connectivity index (χ4v) is 2.88. The molecule has 148 valence electrons. The molecular weight excluding hydrogens is 336 g/mol. The van der Waals surface area contributed by atoms with Crippen LogP contribution in [0.25, 0.3) is 11.3 Å². The number of aromatic nitrogens is 2. The van der Waals surface area contributed by atoms with Gasteiger partial charge in [0.1, 0.15) is 5.69 Å². The number of rotatable bonds is 13. The average molecular weight is 371 g/mol. The van der Waals surface area contributed by atoms with Crippen LogP contribution in [-0.4, -0.2) is 23.2 Å². The summed E-state index contributed by atoms with van der Waals surface area (Å²) in [6, 6.07) is 10.5. The van der Waals surface area contributed by atoms with Gasteiger partial charge in [-0.2, -0.15) is 9.97 Å². The molecule has 1 unspecified atom stereocenters. The van der Waals surface area contributed by atoms with Gasteiger partial charge in [-0.1, -0.05) is 83.2 Å². The quantitative estimate of drug-likeness (QED) is 0.388. The zero-order valence-electron chi connectivity index (χ0n) is 17.1. The molecule has 0 aliphatic rings. The van der Waals surface area contributed by atoms with Crippen LogP contribution < -0.4 is 9.47 Å². The number of nitrogens with zero attached hydrogens (tertiary/aromatic N) is 2. The number of ether oxygens (including phenoxy) is 2. The molecule has 27 heavy (non-hydrogen) atoms. The zero-order chi connectivity index (χ0) is 19.3. The molecule has 1 heterocycles. The van der Waals surface area contributed by atoms with Crippen molar-refractivity contribution in [2.45, 2.75) is 65.7 Å².